The Balaban J connectivity index is 2.08. The van der Waals surface area contributed by atoms with Crippen LogP contribution in [-0.4, -0.2) is 4.32 Å². The molecule has 0 atom stereocenters. The van der Waals surface area contributed by atoms with Crippen LogP contribution >= 0.6 is 24.8 Å². The van der Waals surface area contributed by atoms with Gasteiger partial charge in [0.25, 0.3) is 0 Å². The highest BCUT2D eigenvalue weighted by Crippen LogP contribution is 2.14. The van der Waals surface area contributed by atoms with Gasteiger partial charge in [0.2, 0.25) is 0 Å². The van der Waals surface area contributed by atoms with Gasteiger partial charge in [-0.3, -0.25) is 0 Å². The second-order valence-electron chi connectivity index (χ2n) is 5.35. The van der Waals surface area contributed by atoms with E-state index in [2.05, 4.69) is 49.1 Å². The van der Waals surface area contributed by atoms with Gasteiger partial charge in [-0.1, -0.05) is 76.2 Å². The lowest BCUT2D eigenvalue weighted by Gasteiger charge is -2.05. The molecular weight excluding hydrogens is 282 g/mol. The van der Waals surface area contributed by atoms with Crippen LogP contribution in [0.3, 0.4) is 0 Å². The molecule has 1 rings (SSSR count). The van der Waals surface area contributed by atoms with Crippen molar-refractivity contribution in [2.24, 2.45) is 0 Å². The zero-order valence-corrected chi connectivity index (χ0v) is 14.2. The minimum atomic E-state index is 0.515. The fourth-order valence-corrected chi connectivity index (χ4v) is 2.59. The zero-order valence-electron chi connectivity index (χ0n) is 12.5. The van der Waals surface area contributed by atoms with Crippen LogP contribution in [0, 0.1) is 0 Å². The lowest BCUT2D eigenvalue weighted by Crippen LogP contribution is -2.00. The highest BCUT2D eigenvalue weighted by molar-refractivity contribution is 8.11. The summed E-state index contributed by atoms with van der Waals surface area (Å²) in [6.45, 7) is 2.27. The summed E-state index contributed by atoms with van der Waals surface area (Å²) in [5, 5.41) is 3.03. The molecule has 0 spiro atoms. The van der Waals surface area contributed by atoms with Crippen molar-refractivity contribution in [3.05, 3.63) is 29.8 Å². The van der Waals surface area contributed by atoms with Crippen LogP contribution in [0.5, 0.6) is 0 Å². The number of benzene rings is 1. The maximum Gasteiger partial charge on any atom is 0.135 e. The average molecular weight is 310 g/mol. The average Bonchev–Trinajstić information content (AvgIpc) is 2.43. The van der Waals surface area contributed by atoms with Gasteiger partial charge in [0.15, 0.2) is 0 Å². The van der Waals surface area contributed by atoms with Crippen LogP contribution in [0.25, 0.3) is 0 Å². The van der Waals surface area contributed by atoms with Crippen molar-refractivity contribution in [3.8, 4) is 0 Å². The summed E-state index contributed by atoms with van der Waals surface area (Å²) in [5.41, 5.74) is 2.43. The standard InChI is InChI=1S/C17H27NS2/c1-2-3-4-5-6-7-8-9-10-15-11-13-16(14-12-15)18-17(19)20/h11-14H,2-10H2,1H3,(H2,18,19,20). The summed E-state index contributed by atoms with van der Waals surface area (Å²) in [7, 11) is 0. The Kier molecular flexibility index (Phi) is 9.77. The molecule has 3 heteroatoms. The molecule has 0 aliphatic heterocycles. The number of hydrogen-bond donors (Lipinski definition) is 2. The van der Waals surface area contributed by atoms with Crippen molar-refractivity contribution >= 4 is 34.9 Å². The van der Waals surface area contributed by atoms with E-state index in [-0.39, 0.29) is 0 Å². The molecule has 0 aliphatic rings. The number of thiocarbonyl (C=S) groups is 1. The molecule has 1 nitrogen and oxygen atoms in total. The highest BCUT2D eigenvalue weighted by Gasteiger charge is 1.96. The van der Waals surface area contributed by atoms with E-state index >= 15 is 0 Å². The Hall–Kier alpha value is -0.540. The van der Waals surface area contributed by atoms with Crippen molar-refractivity contribution in [1.82, 2.24) is 0 Å². The minimum absolute atomic E-state index is 0.515. The summed E-state index contributed by atoms with van der Waals surface area (Å²) >= 11 is 8.97. The van der Waals surface area contributed by atoms with Gasteiger partial charge >= 0.3 is 0 Å². The normalized spacial score (nSPS) is 10.5. The molecule has 0 bridgehead atoms. The predicted molar refractivity (Wildman–Crippen MR) is 98.0 cm³/mol. The third-order valence-electron chi connectivity index (χ3n) is 3.52. The fraction of sp³-hybridized carbons (Fsp3) is 0.588. The molecule has 0 radical (unpaired) electrons. The molecule has 112 valence electrons. The third kappa shape index (κ3) is 8.60. The molecule has 0 saturated carbocycles. The van der Waals surface area contributed by atoms with Crippen LogP contribution in [0.1, 0.15) is 63.9 Å². The Morgan fingerprint density at radius 3 is 2.05 bits per heavy atom. The van der Waals surface area contributed by atoms with E-state index < -0.39 is 0 Å². The van der Waals surface area contributed by atoms with E-state index in [0.29, 0.717) is 4.32 Å². The Labute approximate surface area is 135 Å². The quantitative estimate of drug-likeness (QED) is 0.312. The van der Waals surface area contributed by atoms with Gasteiger partial charge in [-0.25, -0.2) is 0 Å². The van der Waals surface area contributed by atoms with Gasteiger partial charge in [0.05, 0.1) is 0 Å². The van der Waals surface area contributed by atoms with E-state index in [0.717, 1.165) is 5.69 Å². The van der Waals surface area contributed by atoms with Gasteiger partial charge in [0.1, 0.15) is 4.32 Å². The number of nitrogens with one attached hydrogen (secondary N) is 1. The van der Waals surface area contributed by atoms with E-state index in [1.54, 1.807) is 0 Å². The van der Waals surface area contributed by atoms with E-state index in [9.17, 15) is 0 Å². The Morgan fingerprint density at radius 2 is 1.50 bits per heavy atom. The first-order valence-corrected chi connectivity index (χ1v) is 8.67. The molecule has 0 aromatic heterocycles. The number of hydrogen-bond acceptors (Lipinski definition) is 1. The molecule has 1 N–H and O–H groups in total. The molecule has 0 aliphatic carbocycles. The summed E-state index contributed by atoms with van der Waals surface area (Å²) < 4.78 is 0.515. The van der Waals surface area contributed by atoms with Gasteiger partial charge in [-0.05, 0) is 30.5 Å². The smallest absolute Gasteiger partial charge is 0.135 e. The predicted octanol–water partition coefficient (Wildman–Crippen LogP) is 6.00. The van der Waals surface area contributed by atoms with Gasteiger partial charge < -0.3 is 5.32 Å². The minimum Gasteiger partial charge on any atom is -0.341 e. The number of thiol groups is 1. The SMILES string of the molecule is CCCCCCCCCCc1ccc(NC(=S)S)cc1. The van der Waals surface area contributed by atoms with Crippen molar-refractivity contribution in [3.63, 3.8) is 0 Å². The second kappa shape index (κ2) is 11.2. The summed E-state index contributed by atoms with van der Waals surface area (Å²) in [6.07, 6.45) is 12.2. The van der Waals surface area contributed by atoms with Crippen LogP contribution in [0.4, 0.5) is 5.69 Å². The molecule has 1 aromatic carbocycles. The van der Waals surface area contributed by atoms with Crippen molar-refractivity contribution in [1.29, 1.82) is 0 Å². The summed E-state index contributed by atoms with van der Waals surface area (Å²) in [4.78, 5) is 0. The number of anilines is 1. The van der Waals surface area contributed by atoms with Crippen molar-refractivity contribution in [2.75, 3.05) is 5.32 Å². The lowest BCUT2D eigenvalue weighted by atomic mass is 10.0. The van der Waals surface area contributed by atoms with Gasteiger partial charge in [-0.2, -0.15) is 0 Å². The largest absolute Gasteiger partial charge is 0.341 e. The van der Waals surface area contributed by atoms with Crippen LogP contribution < -0.4 is 5.32 Å². The van der Waals surface area contributed by atoms with Crippen LogP contribution in [0.2, 0.25) is 0 Å². The second-order valence-corrected chi connectivity index (χ2v) is 6.51. The van der Waals surface area contributed by atoms with Crippen molar-refractivity contribution in [2.45, 2.75) is 64.7 Å². The first kappa shape index (κ1) is 17.5. The summed E-state index contributed by atoms with van der Waals surface area (Å²) in [6, 6.07) is 8.50. The van der Waals surface area contributed by atoms with Crippen molar-refractivity contribution < 1.29 is 0 Å². The molecule has 20 heavy (non-hydrogen) atoms. The maximum absolute atomic E-state index is 4.90. The molecule has 0 amide bonds. The zero-order chi connectivity index (χ0) is 14.6. The maximum atomic E-state index is 4.90. The molecular formula is C17H27NS2. The highest BCUT2D eigenvalue weighted by atomic mass is 32.1. The summed E-state index contributed by atoms with van der Waals surface area (Å²) in [5.74, 6) is 0. The Morgan fingerprint density at radius 1 is 0.950 bits per heavy atom. The van der Waals surface area contributed by atoms with E-state index in [1.807, 2.05) is 0 Å². The Bertz CT molecular complexity index is 373. The van der Waals surface area contributed by atoms with Crippen LogP contribution in [0.15, 0.2) is 24.3 Å². The molecule has 0 unspecified atom stereocenters. The monoisotopic (exact) mass is 309 g/mol. The third-order valence-corrected chi connectivity index (χ3v) is 3.74. The van der Waals surface area contributed by atoms with E-state index in [4.69, 9.17) is 12.2 Å². The van der Waals surface area contributed by atoms with Gasteiger partial charge in [0, 0.05) is 5.69 Å². The molecule has 0 heterocycles. The molecule has 0 fully saturated rings. The number of rotatable bonds is 10. The number of aryl methyl sites for hydroxylation is 1. The molecule has 1 aromatic rings. The lowest BCUT2D eigenvalue weighted by molar-refractivity contribution is 0.575. The van der Waals surface area contributed by atoms with Crippen LogP contribution in [-0.2, 0) is 6.42 Å². The fourth-order valence-electron chi connectivity index (χ4n) is 2.34. The van der Waals surface area contributed by atoms with E-state index in [1.165, 1.54) is 63.4 Å². The first-order valence-electron chi connectivity index (χ1n) is 7.81. The topological polar surface area (TPSA) is 12.0 Å². The van der Waals surface area contributed by atoms with Gasteiger partial charge in [-0.15, -0.1) is 12.6 Å². The molecule has 0 saturated heterocycles. The first-order chi connectivity index (χ1) is 9.72. The number of unbranched alkanes of at least 4 members (excludes halogenated alkanes) is 7.